The largest absolute Gasteiger partial charge is 0.373 e. The van der Waals surface area contributed by atoms with Crippen LogP contribution >= 0.6 is 0 Å². The molecule has 60 valence electrons. The Balaban J connectivity index is 2.24. The molecule has 11 heavy (non-hydrogen) atoms. The number of fused-ring (bicyclic) bond motifs is 1. The molecule has 0 radical (unpaired) electrons. The van der Waals surface area contributed by atoms with Crippen molar-refractivity contribution in [1.82, 2.24) is 0 Å². The third kappa shape index (κ3) is 1.25. The zero-order valence-corrected chi connectivity index (χ0v) is 6.97. The number of hydrogen-bond donors (Lipinski definition) is 0. The molecule has 1 saturated heterocycles. The van der Waals surface area contributed by atoms with E-state index in [1.165, 1.54) is 24.0 Å². The summed E-state index contributed by atoms with van der Waals surface area (Å²) in [6, 6.07) is 0. The van der Waals surface area contributed by atoms with E-state index in [4.69, 9.17) is 4.74 Å². The van der Waals surface area contributed by atoms with E-state index in [1.54, 1.807) is 0 Å². The molecule has 1 heteroatoms. The van der Waals surface area contributed by atoms with Gasteiger partial charge in [-0.3, -0.25) is 0 Å². The Bertz CT molecular complexity index is 213. The number of rotatable bonds is 0. The predicted octanol–water partition coefficient (Wildman–Crippen LogP) is 2.44. The summed E-state index contributed by atoms with van der Waals surface area (Å²) in [6.07, 6.45) is 8.59. The van der Waals surface area contributed by atoms with Gasteiger partial charge in [0.05, 0.1) is 12.7 Å². The molecule has 0 N–H and O–H groups in total. The van der Waals surface area contributed by atoms with Crippen molar-refractivity contribution in [1.29, 1.82) is 0 Å². The van der Waals surface area contributed by atoms with E-state index >= 15 is 0 Å². The first-order valence-electron chi connectivity index (χ1n) is 4.39. The molecule has 2 aliphatic rings. The van der Waals surface area contributed by atoms with Gasteiger partial charge in [0.1, 0.15) is 0 Å². The fourth-order valence-electron chi connectivity index (χ4n) is 1.85. The van der Waals surface area contributed by atoms with Crippen LogP contribution in [0.3, 0.4) is 0 Å². The Hall–Kier alpha value is -0.560. The first-order valence-corrected chi connectivity index (χ1v) is 4.39. The minimum Gasteiger partial charge on any atom is -0.373 e. The van der Waals surface area contributed by atoms with Crippen LogP contribution in [0.4, 0.5) is 0 Å². The number of ether oxygens (including phenoxy) is 1. The van der Waals surface area contributed by atoms with E-state index in [0.717, 1.165) is 13.0 Å². The van der Waals surface area contributed by atoms with Gasteiger partial charge in [-0.2, -0.15) is 0 Å². The van der Waals surface area contributed by atoms with Gasteiger partial charge in [0.2, 0.25) is 0 Å². The standard InChI is InChI=1S/C10H14O/c1-8-10-5-3-2-4-9(10)6-7-11-8/h4-5,8H,2-3,6-7H2,1H3. The lowest BCUT2D eigenvalue weighted by Gasteiger charge is -2.27. The zero-order valence-electron chi connectivity index (χ0n) is 6.97. The molecule has 1 atom stereocenters. The minimum absolute atomic E-state index is 0.343. The lowest BCUT2D eigenvalue weighted by Crippen LogP contribution is -2.21. The van der Waals surface area contributed by atoms with Crippen molar-refractivity contribution in [2.24, 2.45) is 0 Å². The van der Waals surface area contributed by atoms with Gasteiger partial charge >= 0.3 is 0 Å². The summed E-state index contributed by atoms with van der Waals surface area (Å²) in [7, 11) is 0. The molecule has 0 aromatic heterocycles. The molecule has 1 fully saturated rings. The average molecular weight is 150 g/mol. The van der Waals surface area contributed by atoms with Crippen molar-refractivity contribution in [2.75, 3.05) is 6.61 Å². The van der Waals surface area contributed by atoms with Gasteiger partial charge in [-0.25, -0.2) is 0 Å². The van der Waals surface area contributed by atoms with E-state index in [2.05, 4.69) is 19.1 Å². The van der Waals surface area contributed by atoms with Crippen LogP contribution in [0.1, 0.15) is 26.2 Å². The topological polar surface area (TPSA) is 9.23 Å². The maximum atomic E-state index is 5.54. The normalized spacial score (nSPS) is 30.5. The second kappa shape index (κ2) is 2.82. The highest BCUT2D eigenvalue weighted by Crippen LogP contribution is 2.29. The smallest absolute Gasteiger partial charge is 0.0796 e. The lowest BCUT2D eigenvalue weighted by atomic mass is 9.90. The van der Waals surface area contributed by atoms with Gasteiger partial charge in [-0.15, -0.1) is 0 Å². The van der Waals surface area contributed by atoms with Crippen LogP contribution in [-0.4, -0.2) is 12.7 Å². The zero-order chi connectivity index (χ0) is 7.68. The first-order chi connectivity index (χ1) is 5.38. The van der Waals surface area contributed by atoms with Crippen molar-refractivity contribution in [3.8, 4) is 0 Å². The monoisotopic (exact) mass is 150 g/mol. The Labute approximate surface area is 67.7 Å². The molecule has 0 aromatic rings. The molecule has 1 nitrogen and oxygen atoms in total. The first kappa shape index (κ1) is 7.11. The van der Waals surface area contributed by atoms with Crippen molar-refractivity contribution in [2.45, 2.75) is 32.3 Å². The van der Waals surface area contributed by atoms with Crippen molar-refractivity contribution in [3.63, 3.8) is 0 Å². The molecule has 2 rings (SSSR count). The summed E-state index contributed by atoms with van der Waals surface area (Å²) >= 11 is 0. The molecule has 0 bridgehead atoms. The van der Waals surface area contributed by atoms with Crippen molar-refractivity contribution in [3.05, 3.63) is 23.3 Å². The summed E-state index contributed by atoms with van der Waals surface area (Å²) in [5.41, 5.74) is 2.98. The van der Waals surface area contributed by atoms with E-state index in [1.807, 2.05) is 0 Å². The van der Waals surface area contributed by atoms with E-state index < -0.39 is 0 Å². The summed E-state index contributed by atoms with van der Waals surface area (Å²) in [4.78, 5) is 0. The van der Waals surface area contributed by atoms with Gasteiger partial charge in [-0.1, -0.05) is 12.2 Å². The van der Waals surface area contributed by atoms with E-state index in [9.17, 15) is 0 Å². The third-order valence-corrected chi connectivity index (χ3v) is 2.47. The van der Waals surface area contributed by atoms with Crippen molar-refractivity contribution >= 4 is 0 Å². The number of allylic oxidation sites excluding steroid dienone is 2. The molecule has 1 heterocycles. The fourth-order valence-corrected chi connectivity index (χ4v) is 1.85. The molecule has 0 amide bonds. The second-order valence-electron chi connectivity index (χ2n) is 3.23. The maximum absolute atomic E-state index is 5.54. The van der Waals surface area contributed by atoms with E-state index in [0.29, 0.717) is 6.10 Å². The van der Waals surface area contributed by atoms with Gasteiger partial charge in [0.25, 0.3) is 0 Å². The molecule has 1 aliphatic heterocycles. The molecule has 1 aliphatic carbocycles. The second-order valence-corrected chi connectivity index (χ2v) is 3.23. The highest BCUT2D eigenvalue weighted by molar-refractivity contribution is 5.37. The molecule has 0 aromatic carbocycles. The lowest BCUT2D eigenvalue weighted by molar-refractivity contribution is 0.0785. The van der Waals surface area contributed by atoms with Gasteiger partial charge in [0.15, 0.2) is 0 Å². The average Bonchev–Trinajstić information content (AvgIpc) is 2.06. The fraction of sp³-hybridized carbons (Fsp3) is 0.600. The predicted molar refractivity (Wildman–Crippen MR) is 45.4 cm³/mol. The Kier molecular flexibility index (Phi) is 1.82. The maximum Gasteiger partial charge on any atom is 0.0796 e. The summed E-state index contributed by atoms with van der Waals surface area (Å²) < 4.78 is 5.54. The SMILES string of the molecule is CC1OCCC2=CCCC=C21. The van der Waals surface area contributed by atoms with Gasteiger partial charge in [-0.05, 0) is 37.3 Å². The Morgan fingerprint density at radius 3 is 3.00 bits per heavy atom. The van der Waals surface area contributed by atoms with Crippen LogP contribution in [-0.2, 0) is 4.74 Å². The molecule has 0 spiro atoms. The molecule has 1 unspecified atom stereocenters. The minimum atomic E-state index is 0.343. The van der Waals surface area contributed by atoms with Crippen LogP contribution in [0.5, 0.6) is 0 Å². The highest BCUT2D eigenvalue weighted by atomic mass is 16.5. The summed E-state index contributed by atoms with van der Waals surface area (Å²) in [5.74, 6) is 0. The quantitative estimate of drug-likeness (QED) is 0.515. The molecular formula is C10H14O. The Morgan fingerprint density at radius 1 is 1.36 bits per heavy atom. The third-order valence-electron chi connectivity index (χ3n) is 2.47. The molecular weight excluding hydrogens is 136 g/mol. The van der Waals surface area contributed by atoms with Crippen LogP contribution in [0.25, 0.3) is 0 Å². The van der Waals surface area contributed by atoms with Crippen LogP contribution in [0.15, 0.2) is 23.3 Å². The van der Waals surface area contributed by atoms with Crippen LogP contribution in [0.2, 0.25) is 0 Å². The highest BCUT2D eigenvalue weighted by Gasteiger charge is 2.20. The Morgan fingerprint density at radius 2 is 2.18 bits per heavy atom. The van der Waals surface area contributed by atoms with Crippen LogP contribution < -0.4 is 0 Å². The van der Waals surface area contributed by atoms with Crippen molar-refractivity contribution < 1.29 is 4.74 Å². The van der Waals surface area contributed by atoms with Gasteiger partial charge < -0.3 is 4.74 Å². The van der Waals surface area contributed by atoms with Gasteiger partial charge in [0, 0.05) is 0 Å². The summed E-state index contributed by atoms with van der Waals surface area (Å²) in [6.45, 7) is 3.05. The van der Waals surface area contributed by atoms with Crippen LogP contribution in [0, 0.1) is 0 Å². The molecule has 0 saturated carbocycles. The van der Waals surface area contributed by atoms with E-state index in [-0.39, 0.29) is 0 Å². The number of hydrogen-bond acceptors (Lipinski definition) is 1. The summed E-state index contributed by atoms with van der Waals surface area (Å²) in [5, 5.41) is 0.